The molecule has 2 nitrogen and oxygen atoms in total. The zero-order chi connectivity index (χ0) is 8.20. The van der Waals surface area contributed by atoms with Gasteiger partial charge < -0.3 is 4.74 Å². The summed E-state index contributed by atoms with van der Waals surface area (Å²) < 4.78 is 4.38. The first kappa shape index (κ1) is 9.93. The summed E-state index contributed by atoms with van der Waals surface area (Å²) in [6, 6.07) is 2.17. The molecule has 0 aromatic heterocycles. The molecule has 0 aliphatic carbocycles. The molecule has 0 aromatic carbocycles. The summed E-state index contributed by atoms with van der Waals surface area (Å²) >= 11 is 3.32. The van der Waals surface area contributed by atoms with Crippen LogP contribution >= 0.6 is 15.9 Å². The third-order valence-electron chi connectivity index (χ3n) is 1.46. The average Bonchev–Trinajstić information content (AvgIpc) is 1.88. The molecule has 1 unspecified atom stereocenters. The minimum absolute atomic E-state index is 0.262. The fourth-order valence-corrected chi connectivity index (χ4v) is 0.767. The monoisotopic (exact) mass is 205 g/mol. The fraction of sp³-hybridized carbons (Fsp3) is 0.857. The molecular weight excluding hydrogens is 194 g/mol. The molecule has 0 aromatic rings. The number of nitriles is 1. The average molecular weight is 206 g/mol. The van der Waals surface area contributed by atoms with Crippen LogP contribution < -0.4 is 0 Å². The van der Waals surface area contributed by atoms with Crippen LogP contribution in [0.2, 0.25) is 0 Å². The maximum absolute atomic E-state index is 8.71. The Balaban J connectivity index is 4.12. The first-order valence-electron chi connectivity index (χ1n) is 3.16. The third kappa shape index (κ3) is 2.28. The van der Waals surface area contributed by atoms with Crippen LogP contribution in [0.1, 0.15) is 13.8 Å². The summed E-state index contributed by atoms with van der Waals surface area (Å²) in [6.07, 6.45) is 0. The van der Waals surface area contributed by atoms with Gasteiger partial charge in [-0.3, -0.25) is 0 Å². The number of hydrogen-bond donors (Lipinski definition) is 0. The van der Waals surface area contributed by atoms with Crippen molar-refractivity contribution >= 4 is 15.9 Å². The Labute approximate surface area is 70.3 Å². The van der Waals surface area contributed by atoms with E-state index >= 15 is 0 Å². The van der Waals surface area contributed by atoms with E-state index in [0.717, 1.165) is 0 Å². The van der Waals surface area contributed by atoms with Crippen molar-refractivity contribution < 1.29 is 4.74 Å². The maximum Gasteiger partial charge on any atom is 0.137 e. The molecule has 0 spiro atoms. The molecule has 0 radical (unpaired) electrons. The van der Waals surface area contributed by atoms with E-state index in [-0.39, 0.29) is 5.92 Å². The number of halogens is 1. The highest BCUT2D eigenvalue weighted by atomic mass is 79.9. The number of methoxy groups -OCH3 is 1. The third-order valence-corrected chi connectivity index (χ3v) is 2.78. The Morgan fingerprint density at radius 2 is 2.20 bits per heavy atom. The molecule has 1 atom stereocenters. The van der Waals surface area contributed by atoms with Crippen LogP contribution in [0.15, 0.2) is 0 Å². The Hall–Kier alpha value is -0.0700. The van der Waals surface area contributed by atoms with Gasteiger partial charge in [-0.1, -0.05) is 29.8 Å². The van der Waals surface area contributed by atoms with Crippen molar-refractivity contribution in [1.29, 1.82) is 5.26 Å². The lowest BCUT2D eigenvalue weighted by atomic mass is 9.98. The van der Waals surface area contributed by atoms with E-state index in [1.165, 1.54) is 0 Å². The molecule has 0 bridgehead atoms. The highest BCUT2D eigenvalue weighted by molar-refractivity contribution is 9.10. The lowest BCUT2D eigenvalue weighted by Crippen LogP contribution is -2.31. The van der Waals surface area contributed by atoms with Crippen LogP contribution in [-0.4, -0.2) is 18.0 Å². The van der Waals surface area contributed by atoms with Gasteiger partial charge in [-0.2, -0.15) is 5.26 Å². The Morgan fingerprint density at radius 3 is 2.30 bits per heavy atom. The smallest absolute Gasteiger partial charge is 0.137 e. The van der Waals surface area contributed by atoms with Gasteiger partial charge in [0.25, 0.3) is 0 Å². The Kier molecular flexibility index (Phi) is 3.92. The van der Waals surface area contributed by atoms with E-state index in [9.17, 15) is 0 Å². The number of nitrogens with zero attached hydrogens (tertiary/aromatic N) is 1. The highest BCUT2D eigenvalue weighted by Gasteiger charge is 2.30. The molecule has 0 saturated carbocycles. The van der Waals surface area contributed by atoms with Crippen LogP contribution in [0.25, 0.3) is 0 Å². The summed E-state index contributed by atoms with van der Waals surface area (Å²) in [7, 11) is 1.59. The first-order chi connectivity index (χ1) is 4.56. The molecule has 0 aliphatic heterocycles. The summed E-state index contributed by atoms with van der Waals surface area (Å²) in [6.45, 7) is 4.40. The van der Waals surface area contributed by atoms with Crippen molar-refractivity contribution in [2.75, 3.05) is 13.7 Å². The van der Waals surface area contributed by atoms with Gasteiger partial charge in [0, 0.05) is 7.11 Å². The van der Waals surface area contributed by atoms with Gasteiger partial charge in [-0.15, -0.1) is 0 Å². The lowest BCUT2D eigenvalue weighted by molar-refractivity contribution is 0.170. The number of ether oxygens (including phenoxy) is 1. The largest absolute Gasteiger partial charge is 0.382 e. The Bertz CT molecular complexity index is 141. The van der Waals surface area contributed by atoms with Crippen molar-refractivity contribution in [3.8, 4) is 6.07 Å². The first-order valence-corrected chi connectivity index (χ1v) is 3.95. The lowest BCUT2D eigenvalue weighted by Gasteiger charge is -2.22. The van der Waals surface area contributed by atoms with E-state index in [1.807, 2.05) is 13.8 Å². The predicted molar refractivity (Wildman–Crippen MR) is 44.0 cm³/mol. The predicted octanol–water partition coefficient (Wildman–Crippen LogP) is 1.95. The Morgan fingerprint density at radius 1 is 1.70 bits per heavy atom. The number of rotatable bonds is 3. The van der Waals surface area contributed by atoms with Crippen LogP contribution in [0.4, 0.5) is 0 Å². The second-order valence-corrected chi connectivity index (χ2v) is 3.98. The van der Waals surface area contributed by atoms with Gasteiger partial charge >= 0.3 is 0 Å². The SMILES string of the molecule is COCC(Br)(C#N)C(C)C. The van der Waals surface area contributed by atoms with Gasteiger partial charge in [0.1, 0.15) is 4.32 Å². The fourth-order valence-electron chi connectivity index (χ4n) is 0.538. The van der Waals surface area contributed by atoms with Gasteiger partial charge in [0.15, 0.2) is 0 Å². The number of hydrogen-bond acceptors (Lipinski definition) is 2. The van der Waals surface area contributed by atoms with Crippen molar-refractivity contribution in [1.82, 2.24) is 0 Å². The van der Waals surface area contributed by atoms with E-state index in [0.29, 0.717) is 6.61 Å². The molecule has 0 saturated heterocycles. The normalized spacial score (nSPS) is 16.4. The topological polar surface area (TPSA) is 33.0 Å². The zero-order valence-electron chi connectivity index (χ0n) is 6.52. The van der Waals surface area contributed by atoms with Crippen LogP contribution in [0.5, 0.6) is 0 Å². The van der Waals surface area contributed by atoms with Crippen LogP contribution in [0.3, 0.4) is 0 Å². The molecule has 0 N–H and O–H groups in total. The van der Waals surface area contributed by atoms with Gasteiger partial charge in [0.2, 0.25) is 0 Å². The molecular formula is C7H12BrNO. The van der Waals surface area contributed by atoms with Crippen LogP contribution in [0, 0.1) is 17.2 Å². The highest BCUT2D eigenvalue weighted by Crippen LogP contribution is 2.26. The second kappa shape index (κ2) is 3.95. The summed E-state index contributed by atoms with van der Waals surface area (Å²) in [5, 5.41) is 8.71. The van der Waals surface area contributed by atoms with Gasteiger partial charge in [0.05, 0.1) is 12.7 Å². The molecule has 58 valence electrons. The minimum Gasteiger partial charge on any atom is -0.382 e. The maximum atomic E-state index is 8.71. The summed E-state index contributed by atoms with van der Waals surface area (Å²) in [5.74, 6) is 0.262. The van der Waals surface area contributed by atoms with Crippen molar-refractivity contribution in [3.05, 3.63) is 0 Å². The van der Waals surface area contributed by atoms with E-state index in [4.69, 9.17) is 10.00 Å². The second-order valence-electron chi connectivity index (χ2n) is 2.56. The van der Waals surface area contributed by atoms with Crippen molar-refractivity contribution in [3.63, 3.8) is 0 Å². The molecule has 0 amide bonds. The number of alkyl halides is 1. The standard InChI is InChI=1S/C7H12BrNO/c1-6(2)7(8,4-9)5-10-3/h6H,5H2,1-3H3. The zero-order valence-corrected chi connectivity index (χ0v) is 8.10. The quantitative estimate of drug-likeness (QED) is 0.661. The minimum atomic E-state index is -0.512. The molecule has 0 fully saturated rings. The van der Waals surface area contributed by atoms with Gasteiger partial charge in [-0.25, -0.2) is 0 Å². The molecule has 10 heavy (non-hydrogen) atoms. The van der Waals surface area contributed by atoms with E-state index < -0.39 is 4.32 Å². The van der Waals surface area contributed by atoms with Crippen molar-refractivity contribution in [2.24, 2.45) is 5.92 Å². The van der Waals surface area contributed by atoms with Gasteiger partial charge in [-0.05, 0) is 5.92 Å². The molecule has 0 heterocycles. The molecule has 3 heteroatoms. The van der Waals surface area contributed by atoms with E-state index in [2.05, 4.69) is 22.0 Å². The molecule has 0 aliphatic rings. The summed E-state index contributed by atoms with van der Waals surface area (Å²) in [5.41, 5.74) is 0. The van der Waals surface area contributed by atoms with Crippen molar-refractivity contribution in [2.45, 2.75) is 18.2 Å². The van der Waals surface area contributed by atoms with E-state index in [1.54, 1.807) is 7.11 Å². The summed E-state index contributed by atoms with van der Waals surface area (Å²) in [4.78, 5) is 0. The van der Waals surface area contributed by atoms with Crippen LogP contribution in [-0.2, 0) is 4.74 Å². The molecule has 0 rings (SSSR count).